The van der Waals surface area contributed by atoms with Crippen LogP contribution in [-0.2, 0) is 6.54 Å². The van der Waals surface area contributed by atoms with Gasteiger partial charge in [0, 0.05) is 23.7 Å². The van der Waals surface area contributed by atoms with Gasteiger partial charge >= 0.3 is 0 Å². The van der Waals surface area contributed by atoms with E-state index < -0.39 is 0 Å². The van der Waals surface area contributed by atoms with Crippen LogP contribution < -0.4 is 10.1 Å². The normalized spacial score (nSPS) is 10.5. The van der Waals surface area contributed by atoms with Crippen molar-refractivity contribution in [1.29, 1.82) is 5.26 Å². The summed E-state index contributed by atoms with van der Waals surface area (Å²) >= 11 is 0. The minimum Gasteiger partial charge on any atom is -0.504 e. The van der Waals surface area contributed by atoms with Gasteiger partial charge < -0.3 is 15.2 Å². The van der Waals surface area contributed by atoms with Crippen molar-refractivity contribution in [3.63, 3.8) is 0 Å². The van der Waals surface area contributed by atoms with Crippen molar-refractivity contribution in [3.05, 3.63) is 58.8 Å². The molecule has 0 aliphatic heterocycles. The Hall–Kier alpha value is -3.26. The van der Waals surface area contributed by atoms with Crippen LogP contribution in [0.15, 0.2) is 36.5 Å². The predicted octanol–water partition coefficient (Wildman–Crippen LogP) is 4.05. The number of phenolic OH excluding ortho intramolecular Hbond substituents is 1. The maximum Gasteiger partial charge on any atom is 0.162 e. The maximum atomic E-state index is 10.3. The van der Waals surface area contributed by atoms with Gasteiger partial charge in [-0.05, 0) is 31.5 Å². The topological polar surface area (TPSA) is 78.2 Å². The number of aromatic hydroxyl groups is 1. The van der Waals surface area contributed by atoms with Crippen molar-refractivity contribution in [2.45, 2.75) is 20.4 Å². The Morgan fingerprint density at radius 3 is 2.80 bits per heavy atom. The monoisotopic (exact) mass is 333 g/mol. The number of benzene rings is 2. The van der Waals surface area contributed by atoms with Crippen LogP contribution in [0.1, 0.15) is 22.3 Å². The molecule has 0 radical (unpaired) electrons. The summed E-state index contributed by atoms with van der Waals surface area (Å²) in [5, 5.41) is 23.9. The second kappa shape index (κ2) is 6.70. The first kappa shape index (κ1) is 16.6. The number of aryl methyl sites for hydroxylation is 2. The molecular weight excluding hydrogens is 314 g/mol. The lowest BCUT2D eigenvalue weighted by atomic mass is 10.0. The molecule has 5 nitrogen and oxygen atoms in total. The molecule has 0 unspecified atom stereocenters. The van der Waals surface area contributed by atoms with Gasteiger partial charge in [-0.25, -0.2) is 0 Å². The largest absolute Gasteiger partial charge is 0.504 e. The van der Waals surface area contributed by atoms with Gasteiger partial charge in [0.1, 0.15) is 6.07 Å². The standard InChI is InChI=1S/C20H19N3O2/c1-12-7-13(2)18-16(8-12)19(15(9-21)11-22-18)23-10-14-5-4-6-17(25-3)20(14)24/h4-8,11,24H,10H2,1-3H3,(H,22,23). The predicted molar refractivity (Wildman–Crippen MR) is 97.9 cm³/mol. The SMILES string of the molecule is COc1cccc(CNc2c(C#N)cnc3c(C)cc(C)cc23)c1O. The number of fused-ring (bicyclic) bond motifs is 1. The number of ether oxygens (including phenoxy) is 1. The summed E-state index contributed by atoms with van der Waals surface area (Å²) in [4.78, 5) is 4.42. The van der Waals surface area contributed by atoms with Crippen LogP contribution in [0.4, 0.5) is 5.69 Å². The van der Waals surface area contributed by atoms with E-state index in [-0.39, 0.29) is 5.75 Å². The number of hydrogen-bond acceptors (Lipinski definition) is 5. The highest BCUT2D eigenvalue weighted by Gasteiger charge is 2.13. The molecule has 1 heterocycles. The third-order valence-electron chi connectivity index (χ3n) is 4.18. The molecule has 0 amide bonds. The minimum atomic E-state index is 0.0988. The first-order valence-corrected chi connectivity index (χ1v) is 7.94. The van der Waals surface area contributed by atoms with Gasteiger partial charge in [0.05, 0.1) is 23.9 Å². The molecule has 2 aromatic carbocycles. The first-order chi connectivity index (χ1) is 12.0. The van der Waals surface area contributed by atoms with Gasteiger partial charge in [0.15, 0.2) is 11.5 Å². The number of rotatable bonds is 4. The number of nitriles is 1. The number of methoxy groups -OCH3 is 1. The lowest BCUT2D eigenvalue weighted by Gasteiger charge is -2.14. The van der Waals surface area contributed by atoms with E-state index in [2.05, 4.69) is 22.4 Å². The molecule has 5 heteroatoms. The first-order valence-electron chi connectivity index (χ1n) is 7.94. The van der Waals surface area contributed by atoms with Crippen molar-refractivity contribution in [1.82, 2.24) is 4.98 Å². The van der Waals surface area contributed by atoms with Crippen LogP contribution in [-0.4, -0.2) is 17.2 Å². The summed E-state index contributed by atoms with van der Waals surface area (Å²) in [7, 11) is 1.52. The Bertz CT molecular complexity index is 990. The molecule has 0 spiro atoms. The fourth-order valence-corrected chi connectivity index (χ4v) is 2.99. The fourth-order valence-electron chi connectivity index (χ4n) is 2.99. The lowest BCUT2D eigenvalue weighted by Crippen LogP contribution is -2.04. The van der Waals surface area contributed by atoms with E-state index in [1.807, 2.05) is 32.0 Å². The third kappa shape index (κ3) is 3.07. The Labute approximate surface area is 146 Å². The quantitative estimate of drug-likeness (QED) is 0.753. The van der Waals surface area contributed by atoms with Crippen LogP contribution in [0.25, 0.3) is 10.9 Å². The second-order valence-corrected chi connectivity index (χ2v) is 5.96. The Kier molecular flexibility index (Phi) is 4.44. The molecular formula is C20H19N3O2. The van der Waals surface area contributed by atoms with E-state index in [1.54, 1.807) is 12.3 Å². The van der Waals surface area contributed by atoms with E-state index in [0.717, 1.165) is 27.7 Å². The van der Waals surface area contributed by atoms with Crippen molar-refractivity contribution in [2.24, 2.45) is 0 Å². The number of hydrogen-bond donors (Lipinski definition) is 2. The van der Waals surface area contributed by atoms with Gasteiger partial charge in [-0.3, -0.25) is 4.98 Å². The van der Waals surface area contributed by atoms with Crippen molar-refractivity contribution in [2.75, 3.05) is 12.4 Å². The number of para-hydroxylation sites is 1. The van der Waals surface area contributed by atoms with Crippen molar-refractivity contribution < 1.29 is 9.84 Å². The maximum absolute atomic E-state index is 10.3. The van der Waals surface area contributed by atoms with Gasteiger partial charge in [-0.1, -0.05) is 23.8 Å². The zero-order valence-electron chi connectivity index (χ0n) is 14.4. The number of nitrogens with zero attached hydrogens (tertiary/aromatic N) is 2. The van der Waals surface area contributed by atoms with Gasteiger partial charge in [0.25, 0.3) is 0 Å². The van der Waals surface area contributed by atoms with Crippen LogP contribution in [0, 0.1) is 25.2 Å². The number of anilines is 1. The highest BCUT2D eigenvalue weighted by atomic mass is 16.5. The molecule has 2 N–H and O–H groups in total. The van der Waals surface area contributed by atoms with Crippen molar-refractivity contribution >= 4 is 16.6 Å². The van der Waals surface area contributed by atoms with E-state index in [4.69, 9.17) is 4.74 Å². The molecule has 0 aliphatic carbocycles. The Morgan fingerprint density at radius 1 is 1.28 bits per heavy atom. The van der Waals surface area contributed by atoms with Crippen molar-refractivity contribution in [3.8, 4) is 17.6 Å². The van der Waals surface area contributed by atoms with E-state index in [1.165, 1.54) is 7.11 Å². The van der Waals surface area contributed by atoms with Gasteiger partial charge in [0.2, 0.25) is 0 Å². The second-order valence-electron chi connectivity index (χ2n) is 5.96. The van der Waals surface area contributed by atoms with E-state index in [9.17, 15) is 10.4 Å². The molecule has 0 saturated heterocycles. The number of pyridine rings is 1. The summed E-state index contributed by atoms with van der Waals surface area (Å²) in [5.74, 6) is 0.521. The molecule has 3 aromatic rings. The van der Waals surface area contributed by atoms with Crippen LogP contribution >= 0.6 is 0 Å². The van der Waals surface area contributed by atoms with Gasteiger partial charge in [-0.15, -0.1) is 0 Å². The molecule has 0 atom stereocenters. The molecule has 3 rings (SSSR count). The molecule has 126 valence electrons. The fraction of sp³-hybridized carbons (Fsp3) is 0.200. The molecule has 0 saturated carbocycles. The van der Waals surface area contributed by atoms with Crippen LogP contribution in [0.5, 0.6) is 11.5 Å². The smallest absolute Gasteiger partial charge is 0.162 e. The number of aromatic nitrogens is 1. The number of nitrogens with one attached hydrogen (secondary N) is 1. The van der Waals surface area contributed by atoms with Gasteiger partial charge in [-0.2, -0.15) is 5.26 Å². The molecule has 1 aromatic heterocycles. The van der Waals surface area contributed by atoms with E-state index in [0.29, 0.717) is 23.4 Å². The summed E-state index contributed by atoms with van der Waals surface area (Å²) < 4.78 is 5.14. The number of phenols is 1. The molecule has 0 bridgehead atoms. The summed E-state index contributed by atoms with van der Waals surface area (Å²) in [5.41, 5.74) is 4.92. The Balaban J connectivity index is 2.05. The zero-order chi connectivity index (χ0) is 18.0. The lowest BCUT2D eigenvalue weighted by molar-refractivity contribution is 0.371. The molecule has 25 heavy (non-hydrogen) atoms. The van der Waals surface area contributed by atoms with Crippen LogP contribution in [0.3, 0.4) is 0 Å². The summed E-state index contributed by atoms with van der Waals surface area (Å²) in [6.45, 7) is 4.39. The third-order valence-corrected chi connectivity index (χ3v) is 4.18. The average Bonchev–Trinajstić information content (AvgIpc) is 2.60. The van der Waals surface area contributed by atoms with E-state index >= 15 is 0 Å². The molecule has 0 fully saturated rings. The highest BCUT2D eigenvalue weighted by Crippen LogP contribution is 2.32. The molecule has 0 aliphatic rings. The summed E-state index contributed by atoms with van der Waals surface area (Å²) in [6, 6.07) is 11.6. The average molecular weight is 333 g/mol. The van der Waals surface area contributed by atoms with Crippen LogP contribution in [0.2, 0.25) is 0 Å². The Morgan fingerprint density at radius 2 is 2.08 bits per heavy atom. The zero-order valence-corrected chi connectivity index (χ0v) is 14.4. The minimum absolute atomic E-state index is 0.0988. The highest BCUT2D eigenvalue weighted by molar-refractivity contribution is 5.96. The summed E-state index contributed by atoms with van der Waals surface area (Å²) in [6.07, 6.45) is 1.58.